The van der Waals surface area contributed by atoms with E-state index >= 15 is 8.78 Å². The van der Waals surface area contributed by atoms with Gasteiger partial charge in [-0.25, -0.2) is 14.8 Å². The topological polar surface area (TPSA) is 136 Å². The Bertz CT molecular complexity index is 2060. The quantitative estimate of drug-likeness (QED) is 0.242. The molecule has 4 aliphatic heterocycles. The number of hydrogen-bond acceptors (Lipinski definition) is 9. The van der Waals surface area contributed by atoms with Crippen molar-refractivity contribution in [1.82, 2.24) is 24.4 Å². The van der Waals surface area contributed by atoms with E-state index in [1.807, 2.05) is 29.2 Å². The van der Waals surface area contributed by atoms with Gasteiger partial charge in [-0.2, -0.15) is 13.8 Å². The highest BCUT2D eigenvalue weighted by Gasteiger charge is 2.44. The SMILES string of the molecule is C[C@H]1CN2CC[C@H]1n1c(nc3ccccc31)O[C@H]1C[C@@H](C(=O)O)N(C1)c1nc(nc3c1oc1ccccc13)C(F)(F)COCCCCC2=O. The summed E-state index contributed by atoms with van der Waals surface area (Å²) in [4.78, 5) is 42.6. The largest absolute Gasteiger partial charge is 0.480 e. The van der Waals surface area contributed by atoms with Crippen LogP contribution in [-0.2, 0) is 20.2 Å². The number of carboxylic acid groups (broad SMARTS) is 1. The van der Waals surface area contributed by atoms with Crippen molar-refractivity contribution in [2.75, 3.05) is 37.7 Å². The Hall–Kier alpha value is -4.85. The number of benzene rings is 2. The van der Waals surface area contributed by atoms with E-state index in [0.29, 0.717) is 55.8 Å². The molecule has 2 aromatic carbocycles. The molecule has 256 valence electrons. The fourth-order valence-electron chi connectivity index (χ4n) is 7.51. The van der Waals surface area contributed by atoms with Crippen LogP contribution in [0.2, 0.25) is 0 Å². The third-order valence-corrected chi connectivity index (χ3v) is 9.94. The van der Waals surface area contributed by atoms with Gasteiger partial charge < -0.3 is 28.8 Å². The third-order valence-electron chi connectivity index (χ3n) is 9.94. The summed E-state index contributed by atoms with van der Waals surface area (Å²) < 4.78 is 51.8. The summed E-state index contributed by atoms with van der Waals surface area (Å²) in [6.07, 6.45) is 1.29. The fraction of sp³-hybridized carbons (Fsp3) is 0.457. The molecule has 1 amide bonds. The zero-order valence-corrected chi connectivity index (χ0v) is 26.9. The van der Waals surface area contributed by atoms with Crippen LogP contribution in [0.3, 0.4) is 0 Å². The molecule has 9 rings (SSSR count). The third kappa shape index (κ3) is 5.61. The number of piperidine rings is 1. The Morgan fingerprint density at radius 3 is 2.69 bits per heavy atom. The monoisotopic (exact) mass is 674 g/mol. The van der Waals surface area contributed by atoms with Crippen molar-refractivity contribution in [2.24, 2.45) is 5.92 Å². The van der Waals surface area contributed by atoms with E-state index in [1.165, 1.54) is 4.90 Å². The number of halogens is 2. The van der Waals surface area contributed by atoms with Crippen molar-refractivity contribution in [2.45, 2.75) is 63.1 Å². The standard InChI is InChI=1S/C35H36F2N6O6/c1-20-17-41-14-13-24(20)43-25-10-4-3-9-23(25)38-34(43)48-21-16-26(32(45)46)42(18-21)31-30-29(22-8-2-5-11-27(22)49-30)39-33(40-31)35(36,37)19-47-15-7-6-12-28(41)44/h2-5,8-11,20-21,24,26H,6-7,12-19H2,1H3,(H,45,46)/t20-,21-,24+,26-/m0/s1. The minimum atomic E-state index is -3.60. The van der Waals surface area contributed by atoms with Gasteiger partial charge in [0.05, 0.1) is 17.6 Å². The lowest BCUT2D eigenvalue weighted by molar-refractivity contribution is -0.138. The summed E-state index contributed by atoms with van der Waals surface area (Å²) in [6, 6.07) is 13.8. The Morgan fingerprint density at radius 2 is 1.86 bits per heavy atom. The number of carboxylic acids is 1. The Morgan fingerprint density at radius 1 is 1.04 bits per heavy atom. The molecule has 0 spiro atoms. The van der Waals surface area contributed by atoms with Crippen LogP contribution in [0.5, 0.6) is 6.01 Å². The Balaban J connectivity index is 1.24. The number of imidazole rings is 1. The van der Waals surface area contributed by atoms with Gasteiger partial charge in [0.25, 0.3) is 6.01 Å². The maximum Gasteiger partial charge on any atom is 0.329 e. The van der Waals surface area contributed by atoms with Crippen molar-refractivity contribution in [3.05, 3.63) is 54.4 Å². The maximum absolute atomic E-state index is 15.8. The van der Waals surface area contributed by atoms with Crippen LogP contribution in [-0.4, -0.2) is 86.4 Å². The maximum atomic E-state index is 15.8. The number of furan rings is 1. The summed E-state index contributed by atoms with van der Waals surface area (Å²) in [7, 11) is 0. The molecule has 6 bridgehead atoms. The number of hydrogen-bond donors (Lipinski definition) is 1. The summed E-state index contributed by atoms with van der Waals surface area (Å²) >= 11 is 0. The van der Waals surface area contributed by atoms with E-state index in [9.17, 15) is 14.7 Å². The van der Waals surface area contributed by atoms with Crippen molar-refractivity contribution in [1.29, 1.82) is 0 Å². The zero-order valence-electron chi connectivity index (χ0n) is 26.9. The molecule has 0 aliphatic carbocycles. The van der Waals surface area contributed by atoms with Gasteiger partial charge in [0.1, 0.15) is 29.9 Å². The number of carbonyl (C=O) groups excluding carboxylic acids is 1. The van der Waals surface area contributed by atoms with Crippen LogP contribution in [0.1, 0.15) is 50.9 Å². The molecular formula is C35H36F2N6O6. The van der Waals surface area contributed by atoms with E-state index in [4.69, 9.17) is 18.9 Å². The minimum absolute atomic E-state index is 0.0212. The van der Waals surface area contributed by atoms with Crippen LogP contribution < -0.4 is 9.64 Å². The molecule has 5 aromatic rings. The van der Waals surface area contributed by atoms with Crippen molar-refractivity contribution >= 4 is 50.8 Å². The highest BCUT2D eigenvalue weighted by atomic mass is 19.3. The number of anilines is 1. The molecule has 4 aliphatic rings. The van der Waals surface area contributed by atoms with E-state index in [-0.39, 0.29) is 54.4 Å². The number of fused-ring (bicyclic) bond motifs is 13. The van der Waals surface area contributed by atoms with Crippen LogP contribution in [0.4, 0.5) is 14.6 Å². The molecule has 3 aromatic heterocycles. The number of para-hydroxylation sites is 3. The summed E-state index contributed by atoms with van der Waals surface area (Å²) in [5.41, 5.74) is 2.29. The van der Waals surface area contributed by atoms with Gasteiger partial charge in [-0.3, -0.25) is 9.36 Å². The number of amides is 1. The van der Waals surface area contributed by atoms with Crippen molar-refractivity contribution < 1.29 is 37.4 Å². The van der Waals surface area contributed by atoms with E-state index in [1.54, 1.807) is 24.3 Å². The number of aliphatic carboxylic acids is 1. The first-order chi connectivity index (χ1) is 23.7. The van der Waals surface area contributed by atoms with Gasteiger partial charge in [-0.05, 0) is 49.4 Å². The summed E-state index contributed by atoms with van der Waals surface area (Å²) in [6.45, 7) is 2.30. The Kier molecular flexibility index (Phi) is 7.85. The number of carbonyl (C=O) groups is 2. The second-order valence-corrected chi connectivity index (χ2v) is 13.3. The van der Waals surface area contributed by atoms with Crippen LogP contribution >= 0.6 is 0 Å². The zero-order chi connectivity index (χ0) is 33.9. The van der Waals surface area contributed by atoms with E-state index < -0.39 is 36.5 Å². The molecule has 2 saturated heterocycles. The average Bonchev–Trinajstić information content (AvgIpc) is 3.79. The normalized spacial score (nSPS) is 25.0. The predicted octanol–water partition coefficient (Wildman–Crippen LogP) is 5.54. The van der Waals surface area contributed by atoms with Crippen molar-refractivity contribution in [3.63, 3.8) is 0 Å². The Labute approximate surface area is 279 Å². The second-order valence-electron chi connectivity index (χ2n) is 13.3. The molecule has 7 heterocycles. The number of ether oxygens (including phenoxy) is 2. The smallest absolute Gasteiger partial charge is 0.329 e. The van der Waals surface area contributed by atoms with Crippen LogP contribution in [0, 0.1) is 5.92 Å². The number of rotatable bonds is 1. The number of aromatic nitrogens is 4. The lowest BCUT2D eigenvalue weighted by Crippen LogP contribution is -2.43. The second kappa shape index (κ2) is 12.2. The average molecular weight is 675 g/mol. The minimum Gasteiger partial charge on any atom is -0.480 e. The van der Waals surface area contributed by atoms with E-state index in [0.717, 1.165) is 11.0 Å². The van der Waals surface area contributed by atoms with Gasteiger partial charge >= 0.3 is 11.9 Å². The first-order valence-electron chi connectivity index (χ1n) is 16.7. The molecular weight excluding hydrogens is 638 g/mol. The molecule has 49 heavy (non-hydrogen) atoms. The van der Waals surface area contributed by atoms with Crippen LogP contribution in [0.15, 0.2) is 52.9 Å². The summed E-state index contributed by atoms with van der Waals surface area (Å²) in [5, 5.41) is 10.9. The van der Waals surface area contributed by atoms with Crippen molar-refractivity contribution in [3.8, 4) is 6.01 Å². The first kappa shape index (κ1) is 31.4. The van der Waals surface area contributed by atoms with Gasteiger partial charge in [-0.1, -0.05) is 31.2 Å². The van der Waals surface area contributed by atoms with Gasteiger partial charge in [-0.15, -0.1) is 0 Å². The highest BCUT2D eigenvalue weighted by molar-refractivity contribution is 6.06. The lowest BCUT2D eigenvalue weighted by atomic mass is 9.93. The summed E-state index contributed by atoms with van der Waals surface area (Å²) in [5.74, 6) is -5.50. The highest BCUT2D eigenvalue weighted by Crippen LogP contribution is 2.41. The molecule has 12 nitrogen and oxygen atoms in total. The molecule has 1 N–H and O–H groups in total. The number of alkyl halides is 2. The van der Waals surface area contributed by atoms with Crippen LogP contribution in [0.25, 0.3) is 33.1 Å². The van der Waals surface area contributed by atoms with Gasteiger partial charge in [0, 0.05) is 44.0 Å². The molecule has 14 heteroatoms. The lowest BCUT2D eigenvalue weighted by Gasteiger charge is -2.38. The van der Waals surface area contributed by atoms with E-state index in [2.05, 4.69) is 21.5 Å². The molecule has 0 radical (unpaired) electrons. The molecule has 2 fully saturated rings. The van der Waals surface area contributed by atoms with Gasteiger partial charge in [0.2, 0.25) is 11.7 Å². The fourth-order valence-corrected chi connectivity index (χ4v) is 7.51. The first-order valence-corrected chi connectivity index (χ1v) is 16.7. The number of nitrogens with zero attached hydrogens (tertiary/aromatic N) is 6. The molecule has 0 saturated carbocycles. The predicted molar refractivity (Wildman–Crippen MR) is 175 cm³/mol. The van der Waals surface area contributed by atoms with Gasteiger partial charge in [0.15, 0.2) is 11.4 Å². The molecule has 0 unspecified atom stereocenters. The molecule has 4 atom stereocenters.